The van der Waals surface area contributed by atoms with Crippen molar-refractivity contribution in [2.45, 2.75) is 163 Å². The van der Waals surface area contributed by atoms with Gasteiger partial charge >= 0.3 is 11.8 Å². The molecule has 0 bridgehead atoms. The molecule has 97 heavy (non-hydrogen) atoms. The number of nitrogens with two attached hydrogens (primary N) is 7. The predicted octanol–water partition coefficient (Wildman–Crippen LogP) is -2.45. The summed E-state index contributed by atoms with van der Waals surface area (Å²) in [6.07, 6.45) is 0.391. The van der Waals surface area contributed by atoms with Gasteiger partial charge in [-0.25, -0.2) is 20.2 Å². The first kappa shape index (κ1) is 76.0. The number of hydrazine groups is 2. The zero-order chi connectivity index (χ0) is 70.7. The number of rotatable bonds is 38. The molecule has 0 radical (unpaired) electrons. The zero-order valence-corrected chi connectivity index (χ0v) is 54.0. The average Bonchev–Trinajstić information content (AvgIpc) is 1.81. The Morgan fingerprint density at radius 2 is 1.07 bits per heavy atom. The van der Waals surface area contributed by atoms with Crippen LogP contribution in [-0.2, 0) is 72.1 Å². The number of aliphatic imine (C=N–C) groups is 2. The molecular formula is C63H89N19O15. The molecule has 8 amide bonds. The molecule has 3 fully saturated rings. The second kappa shape index (κ2) is 37.9. The Hall–Kier alpha value is -10.1. The third-order valence-electron chi connectivity index (χ3n) is 17.0. The van der Waals surface area contributed by atoms with Crippen molar-refractivity contribution in [2.24, 2.45) is 50.1 Å². The van der Waals surface area contributed by atoms with Crippen molar-refractivity contribution in [2.75, 3.05) is 45.9 Å². The van der Waals surface area contributed by atoms with Crippen molar-refractivity contribution in [1.82, 2.24) is 40.7 Å². The number of Topliss-reactive ketones (excluding diaryl/α,β-unsaturated/α-hetero) is 1. The van der Waals surface area contributed by atoms with E-state index in [1.807, 2.05) is 36.4 Å². The topological polar surface area (TPSA) is 525 Å². The van der Waals surface area contributed by atoms with E-state index in [9.17, 15) is 63.4 Å². The number of carbonyl (C=O) groups is 10. The van der Waals surface area contributed by atoms with E-state index in [0.29, 0.717) is 24.8 Å². The van der Waals surface area contributed by atoms with Gasteiger partial charge in [-0.1, -0.05) is 96.0 Å². The van der Waals surface area contributed by atoms with Crippen LogP contribution in [0.5, 0.6) is 0 Å². The van der Waals surface area contributed by atoms with Crippen LogP contribution in [0.1, 0.15) is 100 Å². The molecule has 34 nitrogen and oxygen atoms in total. The quantitative estimate of drug-likeness (QED) is 0.00711. The molecule has 6 rings (SSSR count). The van der Waals surface area contributed by atoms with Crippen molar-refractivity contribution in [1.29, 1.82) is 0 Å². The van der Waals surface area contributed by atoms with Crippen LogP contribution in [-0.4, -0.2) is 212 Å². The van der Waals surface area contributed by atoms with Gasteiger partial charge in [0.15, 0.2) is 33.8 Å². The van der Waals surface area contributed by atoms with E-state index in [1.54, 1.807) is 54.6 Å². The van der Waals surface area contributed by atoms with Crippen LogP contribution in [0.2, 0.25) is 0 Å². The van der Waals surface area contributed by atoms with Gasteiger partial charge in [0.2, 0.25) is 35.4 Å². The fourth-order valence-corrected chi connectivity index (χ4v) is 12.1. The van der Waals surface area contributed by atoms with E-state index in [0.717, 1.165) is 16.0 Å². The van der Waals surface area contributed by atoms with Gasteiger partial charge in [0, 0.05) is 39.1 Å². The number of ketones is 1. The molecule has 526 valence electrons. The minimum atomic E-state index is -1.90. The Bertz CT molecular complexity index is 3270. The minimum Gasteiger partial charge on any atom is -0.374 e. The maximum atomic E-state index is 15.0. The van der Waals surface area contributed by atoms with Crippen LogP contribution in [0.15, 0.2) is 101 Å². The number of carbonyl (C=O) groups excluding carboxylic acids is 10. The Morgan fingerprint density at radius 3 is 1.64 bits per heavy atom. The monoisotopic (exact) mass is 1350 g/mol. The number of hydrogen-bond acceptors (Lipinski definition) is 20. The van der Waals surface area contributed by atoms with Crippen LogP contribution in [0.4, 0.5) is 0 Å². The van der Waals surface area contributed by atoms with Gasteiger partial charge in [-0.2, -0.15) is 0 Å². The van der Waals surface area contributed by atoms with Crippen molar-refractivity contribution >= 4 is 71.2 Å². The third kappa shape index (κ3) is 22.3. The fraction of sp³-hybridized carbons (Fsp3) is 0.524. The molecule has 3 aromatic carbocycles. The second-order valence-corrected chi connectivity index (χ2v) is 23.9. The number of aldehydes is 1. The largest absolute Gasteiger partial charge is 0.374 e. The lowest BCUT2D eigenvalue weighted by molar-refractivity contribution is -0.640. The van der Waals surface area contributed by atoms with E-state index in [1.165, 1.54) is 9.80 Å². The maximum Gasteiger partial charge on any atom is 0.306 e. The molecule has 3 aliphatic heterocycles. The van der Waals surface area contributed by atoms with Gasteiger partial charge in [-0.3, -0.25) is 53.1 Å². The summed E-state index contributed by atoms with van der Waals surface area (Å²) in [5.74, 6) is -8.34. The number of nitrogens with one attached hydrogen (secondary N) is 3. The molecule has 0 aromatic heterocycles. The lowest BCUT2D eigenvalue weighted by Gasteiger charge is -2.33. The SMILES string of the molecule is NC(N)=NCCC[C@H](NC(=O)[C@@H](N)CCCC(N)C(=O)[C@H](CCCN=C(N)N)N(C(=O)[C@H](Cc1ccccc1)NC(=O)[C@@H]1CCCN1C(=O)[C@H](COCc1ccccc1)NC(=O)[C@@H](N)Cc1ccccc1)[N+](=O)[O-])C(=O)N1CCC[C@H]1C(=O)N1CCC[C@H]1C(=O)N(CC=O)[N+](=O)[O-]. The molecule has 17 N–H and O–H groups in total. The molecule has 0 aliphatic carbocycles. The van der Waals surface area contributed by atoms with Crippen LogP contribution < -0.4 is 56.1 Å². The highest BCUT2D eigenvalue weighted by Crippen LogP contribution is 2.28. The Balaban J connectivity index is 1.17. The fourth-order valence-electron chi connectivity index (χ4n) is 12.1. The lowest BCUT2D eigenvalue weighted by Crippen LogP contribution is -2.61. The van der Waals surface area contributed by atoms with Gasteiger partial charge in [-0.15, -0.1) is 0 Å². The first-order valence-corrected chi connectivity index (χ1v) is 32.2. The summed E-state index contributed by atoms with van der Waals surface area (Å²) in [5.41, 5.74) is 43.5. The van der Waals surface area contributed by atoms with Crippen molar-refractivity contribution in [3.05, 3.63) is 128 Å². The molecule has 3 heterocycles. The predicted molar refractivity (Wildman–Crippen MR) is 351 cm³/mol. The van der Waals surface area contributed by atoms with Gasteiger partial charge in [0.25, 0.3) is 0 Å². The number of hydrogen-bond donors (Lipinski definition) is 10. The third-order valence-corrected chi connectivity index (χ3v) is 17.0. The first-order valence-electron chi connectivity index (χ1n) is 32.2. The van der Waals surface area contributed by atoms with Gasteiger partial charge in [0.1, 0.15) is 49.1 Å². The zero-order valence-electron chi connectivity index (χ0n) is 54.0. The van der Waals surface area contributed by atoms with E-state index >= 15 is 4.79 Å². The molecule has 34 heteroatoms. The number of guanidine groups is 2. The highest BCUT2D eigenvalue weighted by Gasteiger charge is 2.48. The Labute approximate surface area is 560 Å². The van der Waals surface area contributed by atoms with E-state index in [2.05, 4.69) is 25.9 Å². The molecule has 3 aliphatic rings. The molecule has 0 saturated carbocycles. The summed E-state index contributed by atoms with van der Waals surface area (Å²) in [7, 11) is 0. The van der Waals surface area contributed by atoms with Crippen LogP contribution in [0.25, 0.3) is 0 Å². The van der Waals surface area contributed by atoms with Crippen LogP contribution in [0, 0.1) is 20.2 Å². The molecule has 0 spiro atoms. The number of ether oxygens (including phenoxy) is 1. The normalized spacial score (nSPS) is 18.0. The second-order valence-electron chi connectivity index (χ2n) is 23.9. The van der Waals surface area contributed by atoms with Crippen molar-refractivity contribution in [3.63, 3.8) is 0 Å². The standard InChI is InChI=1S/C63H89N19O15/c64-43(22-10-23-44(65)54(85)73-46(24-11-29-71-62(67)68)57(88)77-32-14-27-51(77)60(91)78-33-15-28-52(78)61(92)79(34-35-83)81(93)94)53(84)49(25-12-30-72-63(69)70)80(82(95)96)59(90)47(37-41-18-6-2-7-19-41)74-56(87)50-26-13-31-76(50)58(89)48(39-97-38-42-20-8-3-9-21-42)75-55(86)45(66)36-40-16-4-1-5-17-40/h1-9,16-21,35,43-52H,10-15,22-34,36-39,64-66H2,(H,73,85)(H,74,87)(H,75,86)(H4,67,68,71)(H4,69,70,72)/t43?,44-,45-,46-,47-,48-,49-,50-,51-,52-/m0/s1. The molecule has 3 aromatic rings. The molecular weight excluding hydrogens is 1260 g/mol. The number of nitro groups is 2. The summed E-state index contributed by atoms with van der Waals surface area (Å²) < 4.78 is 5.96. The average molecular weight is 1350 g/mol. The first-order chi connectivity index (χ1) is 46.4. The summed E-state index contributed by atoms with van der Waals surface area (Å²) in [6, 6.07) is 12.4. The van der Waals surface area contributed by atoms with Gasteiger partial charge < -0.3 is 80.3 Å². The van der Waals surface area contributed by atoms with Crippen molar-refractivity contribution in [3.8, 4) is 0 Å². The lowest BCUT2D eigenvalue weighted by atomic mass is 9.95. The highest BCUT2D eigenvalue weighted by atomic mass is 16.7. The molecule has 1 unspecified atom stereocenters. The number of amides is 8. The summed E-state index contributed by atoms with van der Waals surface area (Å²) in [6.45, 7) is -1.06. The smallest absolute Gasteiger partial charge is 0.306 e. The summed E-state index contributed by atoms with van der Waals surface area (Å²) in [5, 5.41) is 31.2. The summed E-state index contributed by atoms with van der Waals surface area (Å²) >= 11 is 0. The van der Waals surface area contributed by atoms with E-state index in [-0.39, 0.29) is 145 Å². The van der Waals surface area contributed by atoms with Gasteiger partial charge in [-0.05, 0) is 112 Å². The Kier molecular flexibility index (Phi) is 29.7. The molecule has 10 atom stereocenters. The van der Waals surface area contributed by atoms with Crippen molar-refractivity contribution < 1.29 is 62.7 Å². The number of benzene rings is 3. The summed E-state index contributed by atoms with van der Waals surface area (Å²) in [4.78, 5) is 176. The van der Waals surface area contributed by atoms with E-state index < -0.39 is 136 Å². The number of likely N-dealkylation sites (tertiary alicyclic amines) is 3. The van der Waals surface area contributed by atoms with Crippen LogP contribution in [0.3, 0.4) is 0 Å². The maximum absolute atomic E-state index is 15.0. The number of nitrogens with zero attached hydrogens (tertiary/aromatic N) is 9. The molecule has 3 saturated heterocycles. The van der Waals surface area contributed by atoms with Gasteiger partial charge in [0.05, 0.1) is 31.3 Å². The highest BCUT2D eigenvalue weighted by molar-refractivity contribution is 5.98. The minimum absolute atomic E-state index is 0.0373. The van der Waals surface area contributed by atoms with Crippen LogP contribution >= 0.6 is 0 Å². The Morgan fingerprint density at radius 1 is 0.577 bits per heavy atom. The van der Waals surface area contributed by atoms with E-state index in [4.69, 9.17) is 44.9 Å².